The highest BCUT2D eigenvalue weighted by Gasteiger charge is 2.20. The lowest BCUT2D eigenvalue weighted by Crippen LogP contribution is -2.27. The van der Waals surface area contributed by atoms with Crippen LogP contribution in [0.4, 0.5) is 11.8 Å². The molecular formula is C20H16ClIN6O. The van der Waals surface area contributed by atoms with Crippen molar-refractivity contribution in [2.45, 2.75) is 13.0 Å². The highest BCUT2D eigenvalue weighted by Crippen LogP contribution is 2.25. The van der Waals surface area contributed by atoms with E-state index in [0.29, 0.717) is 33.3 Å². The summed E-state index contributed by atoms with van der Waals surface area (Å²) in [5.74, 6) is 1.27. The molecule has 0 saturated heterocycles. The van der Waals surface area contributed by atoms with Crippen LogP contribution in [0, 0.1) is 3.57 Å². The number of nitrogens with zero attached hydrogens (tertiary/aromatic N) is 4. The van der Waals surface area contributed by atoms with Crippen LogP contribution in [0.25, 0.3) is 16.6 Å². The van der Waals surface area contributed by atoms with Gasteiger partial charge < -0.3 is 11.1 Å². The maximum Gasteiger partial charge on any atom is 0.267 e. The Morgan fingerprint density at radius 3 is 2.66 bits per heavy atom. The number of anilines is 2. The Labute approximate surface area is 185 Å². The van der Waals surface area contributed by atoms with E-state index >= 15 is 0 Å². The van der Waals surface area contributed by atoms with E-state index in [2.05, 4.69) is 37.9 Å². The number of aromatic nitrogens is 4. The van der Waals surface area contributed by atoms with Crippen LogP contribution in [0.1, 0.15) is 18.8 Å². The molecule has 0 aliphatic rings. The number of para-hydroxylation sites is 1. The van der Waals surface area contributed by atoms with Crippen LogP contribution in [-0.4, -0.2) is 19.5 Å². The van der Waals surface area contributed by atoms with Crippen LogP contribution < -0.4 is 16.6 Å². The molecule has 0 spiro atoms. The zero-order chi connectivity index (χ0) is 20.5. The van der Waals surface area contributed by atoms with Crippen LogP contribution in [0.2, 0.25) is 5.02 Å². The number of fused-ring (bicyclic) bond motifs is 1. The van der Waals surface area contributed by atoms with Gasteiger partial charge in [-0.1, -0.05) is 35.9 Å². The van der Waals surface area contributed by atoms with E-state index in [0.717, 1.165) is 3.57 Å². The van der Waals surface area contributed by atoms with Crippen LogP contribution in [0.5, 0.6) is 0 Å². The lowest BCUT2D eigenvalue weighted by molar-refractivity contribution is 0.730. The molecule has 3 N–H and O–H groups in total. The molecule has 0 saturated carbocycles. The van der Waals surface area contributed by atoms with Gasteiger partial charge in [-0.3, -0.25) is 9.36 Å². The quantitative estimate of drug-likeness (QED) is 0.393. The molecule has 0 aliphatic heterocycles. The second-order valence-electron chi connectivity index (χ2n) is 6.37. The highest BCUT2D eigenvalue weighted by molar-refractivity contribution is 14.1. The van der Waals surface area contributed by atoms with Gasteiger partial charge in [0.25, 0.3) is 5.56 Å². The Balaban J connectivity index is 1.93. The number of nitrogen functional groups attached to an aromatic ring is 1. The Bertz CT molecular complexity index is 1260. The predicted octanol–water partition coefficient (Wildman–Crippen LogP) is 4.19. The largest absolute Gasteiger partial charge is 0.368 e. The van der Waals surface area contributed by atoms with Gasteiger partial charge in [0.15, 0.2) is 0 Å². The van der Waals surface area contributed by atoms with Gasteiger partial charge in [-0.05, 0) is 53.8 Å². The number of nitrogens with one attached hydrogen (secondary N) is 1. The minimum atomic E-state index is -0.353. The molecule has 9 heteroatoms. The standard InChI is InChI=1S/C20H16ClIN6O/c1-11(25-17-14(22)10-24-20(23)27-17)18-26-15-9-5-8-13(21)16(15)19(29)28(18)12-6-3-2-4-7-12/h2-11H,1H3,(H3,23,24,25,27)/t11-/m0/s1. The van der Waals surface area contributed by atoms with Crippen molar-refractivity contribution in [2.75, 3.05) is 11.1 Å². The minimum absolute atomic E-state index is 0.166. The minimum Gasteiger partial charge on any atom is -0.368 e. The highest BCUT2D eigenvalue weighted by atomic mass is 127. The molecule has 4 aromatic rings. The third kappa shape index (κ3) is 3.77. The summed E-state index contributed by atoms with van der Waals surface area (Å²) in [4.78, 5) is 26.4. The molecule has 0 fully saturated rings. The van der Waals surface area contributed by atoms with Crippen molar-refractivity contribution in [1.82, 2.24) is 19.5 Å². The van der Waals surface area contributed by atoms with E-state index < -0.39 is 0 Å². The van der Waals surface area contributed by atoms with Crippen molar-refractivity contribution in [3.63, 3.8) is 0 Å². The average molecular weight is 519 g/mol. The van der Waals surface area contributed by atoms with Gasteiger partial charge in [0, 0.05) is 6.20 Å². The van der Waals surface area contributed by atoms with Gasteiger partial charge in [0.1, 0.15) is 11.6 Å². The Kier molecular flexibility index (Phi) is 5.37. The molecule has 0 unspecified atom stereocenters. The molecule has 146 valence electrons. The van der Waals surface area contributed by atoms with Crippen molar-refractivity contribution in [3.05, 3.63) is 79.5 Å². The van der Waals surface area contributed by atoms with Gasteiger partial charge in [0.2, 0.25) is 5.95 Å². The lowest BCUT2D eigenvalue weighted by atomic mass is 10.2. The molecule has 0 aliphatic carbocycles. The first-order chi connectivity index (χ1) is 14.0. The van der Waals surface area contributed by atoms with Crippen molar-refractivity contribution in [3.8, 4) is 5.69 Å². The summed E-state index contributed by atoms with van der Waals surface area (Å²) < 4.78 is 2.38. The van der Waals surface area contributed by atoms with E-state index in [9.17, 15) is 4.79 Å². The first kappa shape index (κ1) is 19.6. The molecular weight excluding hydrogens is 503 g/mol. The van der Waals surface area contributed by atoms with Crippen LogP contribution >= 0.6 is 34.2 Å². The third-order valence-electron chi connectivity index (χ3n) is 4.39. The summed E-state index contributed by atoms with van der Waals surface area (Å²) in [6.45, 7) is 1.91. The summed E-state index contributed by atoms with van der Waals surface area (Å²) in [5, 5.41) is 4.04. The number of hydrogen-bond acceptors (Lipinski definition) is 6. The fourth-order valence-corrected chi connectivity index (χ4v) is 3.74. The van der Waals surface area contributed by atoms with Gasteiger partial charge in [-0.25, -0.2) is 9.97 Å². The van der Waals surface area contributed by atoms with E-state index in [4.69, 9.17) is 22.3 Å². The number of halogens is 2. The predicted molar refractivity (Wildman–Crippen MR) is 124 cm³/mol. The third-order valence-corrected chi connectivity index (χ3v) is 5.49. The van der Waals surface area contributed by atoms with Crippen LogP contribution in [0.15, 0.2) is 59.5 Å². The summed E-state index contributed by atoms with van der Waals surface area (Å²) in [5.41, 5.74) is 6.74. The Hall–Kier alpha value is -2.72. The molecule has 2 heterocycles. The lowest BCUT2D eigenvalue weighted by Gasteiger charge is -2.20. The van der Waals surface area contributed by atoms with Gasteiger partial charge in [-0.15, -0.1) is 0 Å². The van der Waals surface area contributed by atoms with Crippen molar-refractivity contribution < 1.29 is 0 Å². The van der Waals surface area contributed by atoms with Crippen LogP contribution in [-0.2, 0) is 0 Å². The number of nitrogens with two attached hydrogens (primary N) is 1. The van der Waals surface area contributed by atoms with Crippen molar-refractivity contribution >= 4 is 56.9 Å². The molecule has 2 aromatic heterocycles. The smallest absolute Gasteiger partial charge is 0.267 e. The second kappa shape index (κ2) is 7.96. The van der Waals surface area contributed by atoms with Crippen LogP contribution in [0.3, 0.4) is 0 Å². The zero-order valence-corrected chi connectivity index (χ0v) is 18.2. The van der Waals surface area contributed by atoms with Gasteiger partial charge in [0.05, 0.1) is 31.2 Å². The molecule has 1 atom stereocenters. The summed E-state index contributed by atoms with van der Waals surface area (Å²) >= 11 is 8.45. The topological polar surface area (TPSA) is 98.7 Å². The number of rotatable bonds is 4. The van der Waals surface area contributed by atoms with Gasteiger partial charge >= 0.3 is 0 Å². The first-order valence-electron chi connectivity index (χ1n) is 8.77. The summed E-state index contributed by atoms with van der Waals surface area (Å²) in [6.07, 6.45) is 1.63. The van der Waals surface area contributed by atoms with Crippen molar-refractivity contribution in [1.29, 1.82) is 0 Å². The molecule has 2 aromatic carbocycles. The van der Waals surface area contributed by atoms with E-state index in [1.165, 1.54) is 0 Å². The normalized spacial score (nSPS) is 12.1. The maximum atomic E-state index is 13.4. The number of hydrogen-bond donors (Lipinski definition) is 2. The van der Waals surface area contributed by atoms with Crippen molar-refractivity contribution in [2.24, 2.45) is 0 Å². The molecule has 0 radical (unpaired) electrons. The molecule has 7 nitrogen and oxygen atoms in total. The molecule has 0 bridgehead atoms. The monoisotopic (exact) mass is 518 g/mol. The maximum absolute atomic E-state index is 13.4. The summed E-state index contributed by atoms with van der Waals surface area (Å²) in [7, 11) is 0. The molecule has 4 rings (SSSR count). The van der Waals surface area contributed by atoms with E-state index in [1.807, 2.05) is 37.3 Å². The zero-order valence-electron chi connectivity index (χ0n) is 15.3. The summed E-state index contributed by atoms with van der Waals surface area (Å²) in [6, 6.07) is 14.2. The molecule has 0 amide bonds. The fraction of sp³-hybridized carbons (Fsp3) is 0.100. The number of benzene rings is 2. The second-order valence-corrected chi connectivity index (χ2v) is 7.94. The van der Waals surface area contributed by atoms with E-state index in [-0.39, 0.29) is 17.5 Å². The SMILES string of the molecule is C[C@H](Nc1nc(N)ncc1I)c1nc2cccc(Cl)c2c(=O)n1-c1ccccc1. The van der Waals surface area contributed by atoms with E-state index in [1.54, 1.807) is 29.0 Å². The van der Waals surface area contributed by atoms with Gasteiger partial charge in [-0.2, -0.15) is 4.98 Å². The average Bonchev–Trinajstić information content (AvgIpc) is 2.71. The fourth-order valence-electron chi connectivity index (χ4n) is 3.08. The Morgan fingerprint density at radius 1 is 1.14 bits per heavy atom. The first-order valence-corrected chi connectivity index (χ1v) is 10.2. The molecule has 29 heavy (non-hydrogen) atoms. The Morgan fingerprint density at radius 2 is 1.90 bits per heavy atom.